The zero-order valence-corrected chi connectivity index (χ0v) is 18.6. The summed E-state index contributed by atoms with van der Waals surface area (Å²) < 4.78 is 0. The van der Waals surface area contributed by atoms with E-state index in [0.717, 1.165) is 0 Å². The molecule has 0 aliphatic carbocycles. The van der Waals surface area contributed by atoms with E-state index in [2.05, 4.69) is 0 Å². The van der Waals surface area contributed by atoms with E-state index in [0.29, 0.717) is 22.3 Å². The molecule has 0 heterocycles. The molecule has 0 saturated carbocycles. The van der Waals surface area contributed by atoms with Crippen molar-refractivity contribution in [2.24, 2.45) is 0 Å². The zero-order chi connectivity index (χ0) is 23.3. The second-order valence-electron chi connectivity index (χ2n) is 5.91. The maximum atomic E-state index is 8.29. The van der Waals surface area contributed by atoms with Crippen LogP contribution in [0, 0.1) is 45.3 Å². The van der Waals surface area contributed by atoms with Crippen LogP contribution in [0.2, 0.25) is 0 Å². The Kier molecular flexibility index (Phi) is 16.6. The molecule has 0 unspecified atom stereocenters. The maximum Gasteiger partial charge on any atom is 1.00 e. The molecule has 5 heteroatoms. The Hall–Kier alpha value is -4.64. The Balaban J connectivity index is 0.000000410. The molecular weight excluding hydrogens is 456 g/mol. The van der Waals surface area contributed by atoms with Crippen LogP contribution in [0.5, 0.6) is 0 Å². The molecule has 4 aromatic carbocycles. The van der Waals surface area contributed by atoms with Crippen molar-refractivity contribution < 1.29 is 17.1 Å². The van der Waals surface area contributed by atoms with Gasteiger partial charge in [-0.3, -0.25) is 0 Å². The Labute approximate surface area is 205 Å². The topological polar surface area (TPSA) is 95.2 Å². The van der Waals surface area contributed by atoms with Gasteiger partial charge in [0.25, 0.3) is 0 Å². The first-order valence-corrected chi connectivity index (χ1v) is 9.54. The van der Waals surface area contributed by atoms with Crippen LogP contribution in [0.4, 0.5) is 0 Å². The third kappa shape index (κ3) is 14.1. The van der Waals surface area contributed by atoms with Crippen LogP contribution in [-0.2, 0) is 17.1 Å². The van der Waals surface area contributed by atoms with E-state index in [4.69, 9.17) is 21.0 Å². The molecule has 0 radical (unpaired) electrons. The van der Waals surface area contributed by atoms with Crippen molar-refractivity contribution in [3.05, 3.63) is 144 Å². The van der Waals surface area contributed by atoms with Gasteiger partial charge < -0.3 is 0 Å². The summed E-state index contributed by atoms with van der Waals surface area (Å²) in [5, 5.41) is 33.2. The molecule has 0 bridgehead atoms. The molecule has 0 aliphatic heterocycles. The summed E-state index contributed by atoms with van der Waals surface area (Å²) in [6, 6.07) is 44.7. The van der Waals surface area contributed by atoms with Gasteiger partial charge in [-0.15, -0.1) is 0 Å². The average molecular weight is 476 g/mol. The molecule has 4 nitrogen and oxygen atoms in total. The van der Waals surface area contributed by atoms with Gasteiger partial charge in [0.1, 0.15) is 0 Å². The summed E-state index contributed by atoms with van der Waals surface area (Å²) in [6.45, 7) is 0. The van der Waals surface area contributed by atoms with Crippen LogP contribution in [0.1, 0.15) is 22.3 Å². The van der Waals surface area contributed by atoms with Gasteiger partial charge in [0.05, 0.1) is 46.5 Å². The predicted octanol–water partition coefficient (Wildman–Crippen LogP) is 6.23. The van der Waals surface area contributed by atoms with Crippen LogP contribution in [0.25, 0.3) is 0 Å². The molecule has 162 valence electrons. The predicted molar refractivity (Wildman–Crippen MR) is 125 cm³/mol. The smallest absolute Gasteiger partial charge is 0.192 e. The largest absolute Gasteiger partial charge is 1.00 e. The molecule has 4 rings (SSSR count). The summed E-state index contributed by atoms with van der Waals surface area (Å²) >= 11 is 0. The SMILES string of the molecule is N#Cc1ccccc1.N#Cc1ccccc1.N#Cc1ccccc1.N#Cc1ccccc1.[Cu+]. The van der Waals surface area contributed by atoms with Crippen LogP contribution < -0.4 is 0 Å². The summed E-state index contributed by atoms with van der Waals surface area (Å²) in [5.41, 5.74) is 2.86. The van der Waals surface area contributed by atoms with Crippen LogP contribution >= 0.6 is 0 Å². The van der Waals surface area contributed by atoms with E-state index in [9.17, 15) is 0 Å². The van der Waals surface area contributed by atoms with Crippen molar-refractivity contribution in [3.63, 3.8) is 0 Å². The third-order valence-electron chi connectivity index (χ3n) is 3.61. The first-order valence-electron chi connectivity index (χ1n) is 9.54. The molecule has 0 fully saturated rings. The minimum Gasteiger partial charge on any atom is -0.192 e. The molecule has 4 aromatic rings. The molecule has 0 amide bonds. The number of rotatable bonds is 0. The standard InChI is InChI=1S/4C7H5N.Cu/c4*8-6-7-4-2-1-3-5-7;/h4*1-5H;/q;;;;+1. The fourth-order valence-corrected chi connectivity index (χ4v) is 2.05. The van der Waals surface area contributed by atoms with Crippen molar-refractivity contribution in [2.75, 3.05) is 0 Å². The van der Waals surface area contributed by atoms with E-state index in [1.807, 2.05) is 97.1 Å². The molecule has 0 aliphatic rings. The number of hydrogen-bond donors (Lipinski definition) is 0. The van der Waals surface area contributed by atoms with E-state index < -0.39 is 0 Å². The Morgan fingerprint density at radius 3 is 0.545 bits per heavy atom. The zero-order valence-electron chi connectivity index (χ0n) is 17.6. The minimum atomic E-state index is 0. The molecule has 33 heavy (non-hydrogen) atoms. The van der Waals surface area contributed by atoms with Gasteiger partial charge in [0.15, 0.2) is 0 Å². The molecule has 0 N–H and O–H groups in total. The van der Waals surface area contributed by atoms with Gasteiger partial charge in [-0.25, -0.2) is 0 Å². The number of nitriles is 4. The molecular formula is C28H20CuN4+. The second-order valence-corrected chi connectivity index (χ2v) is 5.91. The summed E-state index contributed by atoms with van der Waals surface area (Å²) in [4.78, 5) is 0. The summed E-state index contributed by atoms with van der Waals surface area (Å²) in [7, 11) is 0. The van der Waals surface area contributed by atoms with Crippen molar-refractivity contribution in [1.29, 1.82) is 21.0 Å². The summed E-state index contributed by atoms with van der Waals surface area (Å²) in [6.07, 6.45) is 0. The monoisotopic (exact) mass is 475 g/mol. The van der Waals surface area contributed by atoms with Gasteiger partial charge in [-0.05, 0) is 48.5 Å². The quantitative estimate of drug-likeness (QED) is 0.281. The normalized spacial score (nSPS) is 7.64. The number of nitrogens with zero attached hydrogens (tertiary/aromatic N) is 4. The van der Waals surface area contributed by atoms with Gasteiger partial charge >= 0.3 is 17.1 Å². The van der Waals surface area contributed by atoms with E-state index in [-0.39, 0.29) is 17.1 Å². The van der Waals surface area contributed by atoms with Gasteiger partial charge in [-0.2, -0.15) is 21.0 Å². The van der Waals surface area contributed by atoms with Crippen LogP contribution in [0.15, 0.2) is 121 Å². The van der Waals surface area contributed by atoms with Gasteiger partial charge in [0.2, 0.25) is 0 Å². The Morgan fingerprint density at radius 1 is 0.303 bits per heavy atom. The molecule has 0 atom stereocenters. The van der Waals surface area contributed by atoms with Crippen molar-refractivity contribution >= 4 is 0 Å². The first kappa shape index (κ1) is 28.4. The minimum absolute atomic E-state index is 0. The van der Waals surface area contributed by atoms with Crippen molar-refractivity contribution in [1.82, 2.24) is 0 Å². The molecule has 0 spiro atoms. The van der Waals surface area contributed by atoms with Crippen molar-refractivity contribution in [2.45, 2.75) is 0 Å². The van der Waals surface area contributed by atoms with Crippen molar-refractivity contribution in [3.8, 4) is 24.3 Å². The van der Waals surface area contributed by atoms with Gasteiger partial charge in [0, 0.05) is 0 Å². The Morgan fingerprint density at radius 2 is 0.455 bits per heavy atom. The number of benzene rings is 4. The first-order chi connectivity index (χ1) is 15.7. The van der Waals surface area contributed by atoms with Crippen LogP contribution in [0.3, 0.4) is 0 Å². The fourth-order valence-electron chi connectivity index (χ4n) is 2.05. The molecule has 0 saturated heterocycles. The van der Waals surface area contributed by atoms with Gasteiger partial charge in [-0.1, -0.05) is 72.8 Å². The van der Waals surface area contributed by atoms with E-state index in [1.54, 1.807) is 48.5 Å². The Bertz CT molecular complexity index is 986. The third-order valence-corrected chi connectivity index (χ3v) is 3.61. The summed E-state index contributed by atoms with van der Waals surface area (Å²) in [5.74, 6) is 0. The van der Waals surface area contributed by atoms with E-state index in [1.165, 1.54) is 0 Å². The average Bonchev–Trinajstić information content (AvgIpc) is 2.91. The molecule has 0 aromatic heterocycles. The number of hydrogen-bond acceptors (Lipinski definition) is 4. The maximum absolute atomic E-state index is 8.29. The van der Waals surface area contributed by atoms with Crippen LogP contribution in [-0.4, -0.2) is 0 Å². The fraction of sp³-hybridized carbons (Fsp3) is 0. The van der Waals surface area contributed by atoms with E-state index >= 15 is 0 Å². The second kappa shape index (κ2) is 19.3.